The number of halogens is 2. The third-order valence-corrected chi connectivity index (χ3v) is 4.19. The van der Waals surface area contributed by atoms with Gasteiger partial charge in [-0.25, -0.2) is 0 Å². The first kappa shape index (κ1) is 16.4. The Morgan fingerprint density at radius 1 is 1.38 bits per heavy atom. The number of ether oxygens (including phenoxy) is 2. The van der Waals surface area contributed by atoms with Crippen molar-refractivity contribution >= 4 is 34.2 Å². The minimum Gasteiger partial charge on any atom is -0.486 e. The Kier molecular flexibility index (Phi) is 5.35. The molecule has 1 saturated heterocycles. The number of nitrogens with zero attached hydrogens (tertiary/aromatic N) is 1. The Bertz CT molecular complexity index is 541. The molecule has 0 aromatic heterocycles. The van der Waals surface area contributed by atoms with Crippen LogP contribution in [0.15, 0.2) is 16.6 Å². The zero-order valence-electron chi connectivity index (χ0n) is 11.7. The van der Waals surface area contributed by atoms with E-state index in [0.717, 1.165) is 24.1 Å². The first-order valence-electron chi connectivity index (χ1n) is 6.77. The van der Waals surface area contributed by atoms with Crippen LogP contribution in [0, 0.1) is 0 Å². The van der Waals surface area contributed by atoms with Crippen molar-refractivity contribution in [1.29, 1.82) is 0 Å². The van der Waals surface area contributed by atoms with Crippen LogP contribution < -0.4 is 14.8 Å². The molecule has 2 aliphatic rings. The van der Waals surface area contributed by atoms with Crippen LogP contribution in [0.4, 0.5) is 0 Å². The molecule has 21 heavy (non-hydrogen) atoms. The number of rotatable bonds is 1. The van der Waals surface area contributed by atoms with Gasteiger partial charge in [-0.2, -0.15) is 0 Å². The van der Waals surface area contributed by atoms with E-state index in [2.05, 4.69) is 28.2 Å². The monoisotopic (exact) mass is 376 g/mol. The van der Waals surface area contributed by atoms with E-state index in [0.29, 0.717) is 30.3 Å². The van der Waals surface area contributed by atoms with Crippen LogP contribution in [0.5, 0.6) is 11.5 Å². The van der Waals surface area contributed by atoms with Crippen LogP contribution in [0.25, 0.3) is 0 Å². The summed E-state index contributed by atoms with van der Waals surface area (Å²) in [5.74, 6) is 1.36. The molecular formula is C14H18BrClN2O3. The predicted octanol–water partition coefficient (Wildman–Crippen LogP) is 2.08. The third kappa shape index (κ3) is 3.27. The van der Waals surface area contributed by atoms with Gasteiger partial charge in [0.1, 0.15) is 13.2 Å². The molecule has 1 amide bonds. The van der Waals surface area contributed by atoms with Crippen LogP contribution in [-0.4, -0.2) is 49.7 Å². The van der Waals surface area contributed by atoms with Gasteiger partial charge in [0.15, 0.2) is 11.5 Å². The van der Waals surface area contributed by atoms with E-state index in [1.165, 1.54) is 0 Å². The molecule has 0 bridgehead atoms. The number of benzene rings is 1. The molecule has 1 aromatic rings. The fourth-order valence-corrected chi connectivity index (χ4v) is 3.10. The summed E-state index contributed by atoms with van der Waals surface area (Å²) < 4.78 is 11.9. The number of amides is 1. The molecule has 3 rings (SSSR count). The molecule has 2 heterocycles. The van der Waals surface area contributed by atoms with E-state index in [9.17, 15) is 4.79 Å². The Hall–Kier alpha value is -0.980. The second kappa shape index (κ2) is 6.85. The highest BCUT2D eigenvalue weighted by atomic mass is 79.9. The lowest BCUT2D eigenvalue weighted by Crippen LogP contribution is -2.52. The molecule has 1 N–H and O–H groups in total. The first-order chi connectivity index (χ1) is 9.66. The summed E-state index contributed by atoms with van der Waals surface area (Å²) in [5, 5.41) is 3.28. The number of hydrogen-bond donors (Lipinski definition) is 1. The lowest BCUT2D eigenvalue weighted by Gasteiger charge is -2.34. The molecule has 0 saturated carbocycles. The summed E-state index contributed by atoms with van der Waals surface area (Å²) in [5.41, 5.74) is 0.634. The Labute approximate surface area is 138 Å². The van der Waals surface area contributed by atoms with E-state index in [1.807, 2.05) is 11.0 Å². The first-order valence-corrected chi connectivity index (χ1v) is 7.57. The van der Waals surface area contributed by atoms with E-state index >= 15 is 0 Å². The van der Waals surface area contributed by atoms with Gasteiger partial charge < -0.3 is 19.7 Å². The van der Waals surface area contributed by atoms with Crippen LogP contribution in [-0.2, 0) is 0 Å². The van der Waals surface area contributed by atoms with Crippen molar-refractivity contribution in [3.63, 3.8) is 0 Å². The van der Waals surface area contributed by atoms with Gasteiger partial charge in [0, 0.05) is 31.2 Å². The molecule has 7 heteroatoms. The van der Waals surface area contributed by atoms with Crippen molar-refractivity contribution in [2.75, 3.05) is 32.8 Å². The minimum absolute atomic E-state index is 0. The molecule has 116 valence electrons. The molecule has 5 nitrogen and oxygen atoms in total. The minimum atomic E-state index is 0. The summed E-state index contributed by atoms with van der Waals surface area (Å²) in [6, 6.07) is 3.78. The topological polar surface area (TPSA) is 50.8 Å². The average molecular weight is 378 g/mol. The number of fused-ring (bicyclic) bond motifs is 1. The zero-order chi connectivity index (χ0) is 14.1. The number of carbonyl (C=O) groups excluding carboxylic acids is 1. The summed E-state index contributed by atoms with van der Waals surface area (Å²) >= 11 is 3.45. The maximum absolute atomic E-state index is 12.6. The zero-order valence-corrected chi connectivity index (χ0v) is 14.1. The highest BCUT2D eigenvalue weighted by Gasteiger charge is 2.26. The highest BCUT2D eigenvalue weighted by Crippen LogP contribution is 2.38. The van der Waals surface area contributed by atoms with Crippen molar-refractivity contribution in [2.24, 2.45) is 0 Å². The summed E-state index contributed by atoms with van der Waals surface area (Å²) in [6.45, 7) is 5.50. The summed E-state index contributed by atoms with van der Waals surface area (Å²) in [4.78, 5) is 14.5. The maximum atomic E-state index is 12.6. The van der Waals surface area contributed by atoms with Gasteiger partial charge in [-0.3, -0.25) is 4.79 Å². The lowest BCUT2D eigenvalue weighted by atomic mass is 10.1. The Morgan fingerprint density at radius 3 is 2.90 bits per heavy atom. The van der Waals surface area contributed by atoms with Crippen LogP contribution in [0.1, 0.15) is 17.3 Å². The molecule has 1 atom stereocenters. The molecule has 0 aliphatic carbocycles. The lowest BCUT2D eigenvalue weighted by molar-refractivity contribution is 0.0654. The van der Waals surface area contributed by atoms with Crippen molar-refractivity contribution < 1.29 is 14.3 Å². The van der Waals surface area contributed by atoms with Crippen LogP contribution in [0.3, 0.4) is 0 Å². The molecule has 0 spiro atoms. The van der Waals surface area contributed by atoms with Crippen molar-refractivity contribution in [3.05, 3.63) is 22.2 Å². The fourth-order valence-electron chi connectivity index (χ4n) is 2.54. The van der Waals surface area contributed by atoms with Gasteiger partial charge in [0.05, 0.1) is 4.47 Å². The largest absolute Gasteiger partial charge is 0.486 e. The van der Waals surface area contributed by atoms with E-state index in [4.69, 9.17) is 9.47 Å². The fraction of sp³-hybridized carbons (Fsp3) is 0.500. The molecular weight excluding hydrogens is 360 g/mol. The maximum Gasteiger partial charge on any atom is 0.254 e. The van der Waals surface area contributed by atoms with E-state index < -0.39 is 0 Å². The van der Waals surface area contributed by atoms with Gasteiger partial charge in [-0.15, -0.1) is 12.4 Å². The molecule has 1 fully saturated rings. The second-order valence-electron chi connectivity index (χ2n) is 5.03. The number of carbonyl (C=O) groups is 1. The van der Waals surface area contributed by atoms with Gasteiger partial charge in [-0.1, -0.05) is 0 Å². The second-order valence-corrected chi connectivity index (χ2v) is 5.89. The quantitative estimate of drug-likeness (QED) is 0.814. The smallest absolute Gasteiger partial charge is 0.254 e. The normalized spacial score (nSPS) is 20.7. The van der Waals surface area contributed by atoms with Gasteiger partial charge >= 0.3 is 0 Å². The SMILES string of the molecule is CC1CNCCN1C(=O)c1cc(Br)c2c(c1)OCCO2.Cl. The molecule has 1 aromatic carbocycles. The summed E-state index contributed by atoms with van der Waals surface area (Å²) in [7, 11) is 0. The van der Waals surface area contributed by atoms with E-state index in [1.54, 1.807) is 6.07 Å². The standard InChI is InChI=1S/C14H17BrN2O3.ClH/c1-9-8-16-2-3-17(9)14(18)10-6-11(15)13-12(7-10)19-4-5-20-13;/h6-7,9,16H,2-5,8H2,1H3;1H. The Balaban J connectivity index is 0.00000161. The highest BCUT2D eigenvalue weighted by molar-refractivity contribution is 9.10. The predicted molar refractivity (Wildman–Crippen MR) is 85.7 cm³/mol. The average Bonchev–Trinajstić information content (AvgIpc) is 2.47. The van der Waals surface area contributed by atoms with Crippen molar-refractivity contribution in [3.8, 4) is 11.5 Å². The van der Waals surface area contributed by atoms with Gasteiger partial charge in [-0.05, 0) is 35.0 Å². The van der Waals surface area contributed by atoms with Crippen LogP contribution in [0.2, 0.25) is 0 Å². The van der Waals surface area contributed by atoms with E-state index in [-0.39, 0.29) is 24.4 Å². The van der Waals surface area contributed by atoms with Gasteiger partial charge in [0.2, 0.25) is 0 Å². The summed E-state index contributed by atoms with van der Waals surface area (Å²) in [6.07, 6.45) is 0. The van der Waals surface area contributed by atoms with Crippen molar-refractivity contribution in [1.82, 2.24) is 10.2 Å². The van der Waals surface area contributed by atoms with Gasteiger partial charge in [0.25, 0.3) is 5.91 Å². The Morgan fingerprint density at radius 2 is 2.14 bits per heavy atom. The number of hydrogen-bond acceptors (Lipinski definition) is 4. The third-order valence-electron chi connectivity index (χ3n) is 3.61. The molecule has 0 radical (unpaired) electrons. The molecule has 1 unspecified atom stereocenters. The van der Waals surface area contributed by atoms with Crippen molar-refractivity contribution in [2.45, 2.75) is 13.0 Å². The van der Waals surface area contributed by atoms with Crippen LogP contribution >= 0.6 is 28.3 Å². The molecule has 2 aliphatic heterocycles. The number of piperazine rings is 1. The number of nitrogens with one attached hydrogen (secondary N) is 1.